The molecule has 0 radical (unpaired) electrons. The van der Waals surface area contributed by atoms with Crippen LogP contribution in [0.4, 0.5) is 4.79 Å². The topological polar surface area (TPSA) is 113 Å². The zero-order chi connectivity index (χ0) is 19.9. The number of aromatic nitrogens is 4. The Balaban J connectivity index is 1.62. The number of rotatable bonds is 3. The molecule has 1 aromatic carbocycles. The van der Waals surface area contributed by atoms with Gasteiger partial charge in [-0.25, -0.2) is 14.5 Å². The lowest BCUT2D eigenvalue weighted by molar-refractivity contribution is -0.0303. The van der Waals surface area contributed by atoms with Gasteiger partial charge < -0.3 is 15.1 Å². The van der Waals surface area contributed by atoms with Crippen LogP contribution in [0.3, 0.4) is 0 Å². The number of aliphatic hydroxyl groups is 1. The van der Waals surface area contributed by atoms with Crippen molar-refractivity contribution < 1.29 is 15.0 Å². The van der Waals surface area contributed by atoms with E-state index >= 15 is 0 Å². The second-order valence-corrected chi connectivity index (χ2v) is 7.86. The Kier molecular flexibility index (Phi) is 4.68. The molecule has 0 saturated carbocycles. The number of piperidine rings is 1. The van der Waals surface area contributed by atoms with E-state index in [1.165, 1.54) is 22.0 Å². The first-order chi connectivity index (χ1) is 13.4. The number of amides is 1. The number of carboxylic acid groups (broad SMARTS) is 1. The van der Waals surface area contributed by atoms with Gasteiger partial charge >= 0.3 is 6.09 Å². The summed E-state index contributed by atoms with van der Waals surface area (Å²) in [5.41, 5.74) is -0.214. The second-order valence-electron chi connectivity index (χ2n) is 6.94. The van der Waals surface area contributed by atoms with Crippen molar-refractivity contribution in [2.45, 2.75) is 25.0 Å². The van der Waals surface area contributed by atoms with E-state index in [0.29, 0.717) is 11.0 Å². The first kappa shape index (κ1) is 18.6. The number of hydrogen-bond donors (Lipinski definition) is 2. The van der Waals surface area contributed by atoms with E-state index in [4.69, 9.17) is 5.11 Å². The van der Waals surface area contributed by atoms with E-state index in [1.54, 1.807) is 4.68 Å². The van der Waals surface area contributed by atoms with Gasteiger partial charge in [0, 0.05) is 17.6 Å². The van der Waals surface area contributed by atoms with Gasteiger partial charge in [-0.2, -0.15) is 5.10 Å². The van der Waals surface area contributed by atoms with E-state index in [9.17, 15) is 14.7 Å². The molecule has 9 nitrogen and oxygen atoms in total. The van der Waals surface area contributed by atoms with Gasteiger partial charge in [0.2, 0.25) is 0 Å². The van der Waals surface area contributed by atoms with Crippen molar-refractivity contribution in [1.82, 2.24) is 24.2 Å². The molecule has 1 saturated heterocycles. The molecular weight excluding hydrogens is 430 g/mol. The Labute approximate surface area is 168 Å². The fraction of sp³-hybridized carbons (Fsp3) is 0.333. The number of fused-ring (bicyclic) bond motifs is 1. The van der Waals surface area contributed by atoms with Crippen LogP contribution in [0.2, 0.25) is 0 Å². The lowest BCUT2D eigenvalue weighted by atomic mass is 9.91. The maximum absolute atomic E-state index is 12.9. The Bertz CT molecular complexity index is 1080. The SMILES string of the molecule is O=C(O)N1CCC(O)(Cn2cnc3c(cnn3-c3ccc(Br)cc3)c2=O)CC1. The van der Waals surface area contributed by atoms with Crippen molar-refractivity contribution >= 4 is 33.1 Å². The largest absolute Gasteiger partial charge is 0.465 e. The van der Waals surface area contributed by atoms with E-state index in [2.05, 4.69) is 26.0 Å². The van der Waals surface area contributed by atoms with Crippen LogP contribution in [-0.4, -0.2) is 59.2 Å². The van der Waals surface area contributed by atoms with E-state index in [0.717, 1.165) is 10.2 Å². The maximum Gasteiger partial charge on any atom is 0.407 e. The van der Waals surface area contributed by atoms with Gasteiger partial charge in [-0.3, -0.25) is 9.36 Å². The van der Waals surface area contributed by atoms with Crippen LogP contribution >= 0.6 is 15.9 Å². The van der Waals surface area contributed by atoms with Crippen LogP contribution in [0.1, 0.15) is 12.8 Å². The van der Waals surface area contributed by atoms with Gasteiger partial charge in [0.1, 0.15) is 11.7 Å². The predicted octanol–water partition coefficient (Wildman–Crippen LogP) is 1.85. The molecule has 0 atom stereocenters. The van der Waals surface area contributed by atoms with Gasteiger partial charge in [0.25, 0.3) is 5.56 Å². The van der Waals surface area contributed by atoms with Crippen LogP contribution in [-0.2, 0) is 6.54 Å². The minimum absolute atomic E-state index is 0.0612. The third-order valence-electron chi connectivity index (χ3n) is 5.06. The Hall–Kier alpha value is -2.72. The summed E-state index contributed by atoms with van der Waals surface area (Å²) >= 11 is 3.39. The minimum Gasteiger partial charge on any atom is -0.465 e. The minimum atomic E-state index is -1.15. The van der Waals surface area contributed by atoms with Gasteiger partial charge in [0.05, 0.1) is 24.0 Å². The Morgan fingerprint density at radius 1 is 1.21 bits per heavy atom. The highest BCUT2D eigenvalue weighted by Gasteiger charge is 2.34. The smallest absolute Gasteiger partial charge is 0.407 e. The molecule has 1 aliphatic rings. The standard InChI is InChI=1S/C18H18BrN5O4/c19-12-1-3-13(4-2-12)24-15-14(9-21-24)16(25)23(11-20-15)10-18(28)5-7-22(8-6-18)17(26)27/h1-4,9,11,28H,5-8,10H2,(H,26,27). The lowest BCUT2D eigenvalue weighted by Crippen LogP contribution is -2.49. The number of likely N-dealkylation sites (tertiary alicyclic amines) is 1. The molecular formula is C18H18BrN5O4. The molecule has 0 bridgehead atoms. The van der Waals surface area contributed by atoms with Crippen LogP contribution in [0.5, 0.6) is 0 Å². The molecule has 0 aliphatic carbocycles. The molecule has 0 spiro atoms. The molecule has 28 heavy (non-hydrogen) atoms. The van der Waals surface area contributed by atoms with Gasteiger partial charge in [-0.1, -0.05) is 15.9 Å². The summed E-state index contributed by atoms with van der Waals surface area (Å²) in [5.74, 6) is 0. The summed E-state index contributed by atoms with van der Waals surface area (Å²) in [6.45, 7) is 0.529. The van der Waals surface area contributed by atoms with E-state index < -0.39 is 11.7 Å². The van der Waals surface area contributed by atoms with Gasteiger partial charge in [-0.15, -0.1) is 0 Å². The molecule has 146 valence electrons. The van der Waals surface area contributed by atoms with Crippen LogP contribution in [0.15, 0.2) is 46.1 Å². The van der Waals surface area contributed by atoms with Crippen LogP contribution < -0.4 is 5.56 Å². The number of hydrogen-bond acceptors (Lipinski definition) is 5. The van der Waals surface area contributed by atoms with Crippen LogP contribution in [0.25, 0.3) is 16.7 Å². The van der Waals surface area contributed by atoms with Crippen molar-refractivity contribution in [3.8, 4) is 5.69 Å². The summed E-state index contributed by atoms with van der Waals surface area (Å²) in [6.07, 6.45) is 2.41. The summed E-state index contributed by atoms with van der Waals surface area (Å²) in [5, 5.41) is 24.5. The third kappa shape index (κ3) is 3.40. The normalized spacial score (nSPS) is 16.4. The van der Waals surface area contributed by atoms with Gasteiger partial charge in [-0.05, 0) is 37.1 Å². The molecule has 0 unspecified atom stereocenters. The molecule has 1 amide bonds. The molecule has 4 rings (SSSR count). The molecule has 1 aliphatic heterocycles. The zero-order valence-corrected chi connectivity index (χ0v) is 16.4. The predicted molar refractivity (Wildman–Crippen MR) is 105 cm³/mol. The molecule has 10 heteroatoms. The fourth-order valence-corrected chi connectivity index (χ4v) is 3.69. The van der Waals surface area contributed by atoms with E-state index in [1.807, 2.05) is 24.3 Å². The molecule has 2 aromatic heterocycles. The molecule has 1 fully saturated rings. The molecule has 3 aromatic rings. The first-order valence-corrected chi connectivity index (χ1v) is 9.55. The molecule has 2 N–H and O–H groups in total. The Morgan fingerprint density at radius 2 is 1.89 bits per heavy atom. The van der Waals surface area contributed by atoms with Gasteiger partial charge in [0.15, 0.2) is 5.65 Å². The third-order valence-corrected chi connectivity index (χ3v) is 5.58. The summed E-state index contributed by atoms with van der Waals surface area (Å²) < 4.78 is 3.89. The number of benzene rings is 1. The monoisotopic (exact) mass is 447 g/mol. The highest BCUT2D eigenvalue weighted by molar-refractivity contribution is 9.10. The fourth-order valence-electron chi connectivity index (χ4n) is 3.42. The maximum atomic E-state index is 12.9. The number of carbonyl (C=O) groups is 1. The van der Waals surface area contributed by atoms with Crippen molar-refractivity contribution in [1.29, 1.82) is 0 Å². The molecule has 3 heterocycles. The average molecular weight is 448 g/mol. The van der Waals surface area contributed by atoms with E-state index in [-0.39, 0.29) is 38.0 Å². The van der Waals surface area contributed by atoms with Crippen molar-refractivity contribution in [2.75, 3.05) is 13.1 Å². The van der Waals surface area contributed by atoms with Crippen molar-refractivity contribution in [3.05, 3.63) is 51.6 Å². The zero-order valence-electron chi connectivity index (χ0n) is 14.8. The second kappa shape index (κ2) is 7.02. The number of halogens is 1. The lowest BCUT2D eigenvalue weighted by Gasteiger charge is -2.37. The quantitative estimate of drug-likeness (QED) is 0.633. The first-order valence-electron chi connectivity index (χ1n) is 8.76. The van der Waals surface area contributed by atoms with Crippen molar-refractivity contribution in [3.63, 3.8) is 0 Å². The highest BCUT2D eigenvalue weighted by atomic mass is 79.9. The highest BCUT2D eigenvalue weighted by Crippen LogP contribution is 2.24. The average Bonchev–Trinajstić information content (AvgIpc) is 3.10. The van der Waals surface area contributed by atoms with Crippen molar-refractivity contribution in [2.24, 2.45) is 0 Å². The van der Waals surface area contributed by atoms with Crippen LogP contribution in [0, 0.1) is 0 Å². The number of nitrogens with zero attached hydrogens (tertiary/aromatic N) is 5. The summed E-state index contributed by atoms with van der Waals surface area (Å²) in [6, 6.07) is 7.48. The Morgan fingerprint density at radius 3 is 2.54 bits per heavy atom. The summed E-state index contributed by atoms with van der Waals surface area (Å²) in [7, 11) is 0. The summed E-state index contributed by atoms with van der Waals surface area (Å²) in [4.78, 5) is 29.5.